The first-order valence-corrected chi connectivity index (χ1v) is 9.75. The van der Waals surface area contributed by atoms with Crippen molar-refractivity contribution in [2.24, 2.45) is 10.8 Å². The number of amides is 3. The molecule has 1 spiro atoms. The second-order valence-corrected chi connectivity index (χ2v) is 9.60. The van der Waals surface area contributed by atoms with Crippen LogP contribution in [0, 0.1) is 10.8 Å². The van der Waals surface area contributed by atoms with E-state index in [0.29, 0.717) is 6.54 Å². The van der Waals surface area contributed by atoms with E-state index in [-0.39, 0.29) is 22.8 Å². The van der Waals surface area contributed by atoms with Crippen LogP contribution < -0.4 is 5.32 Å². The van der Waals surface area contributed by atoms with E-state index in [1.165, 1.54) is 30.6 Å². The van der Waals surface area contributed by atoms with Gasteiger partial charge in [0.05, 0.1) is 0 Å². The molecular formula is C20H36N2O2. The first-order chi connectivity index (χ1) is 11.1. The summed E-state index contributed by atoms with van der Waals surface area (Å²) in [5.41, 5.74) is -0.535. The van der Waals surface area contributed by atoms with E-state index in [4.69, 9.17) is 0 Å². The standard InChI is InChI=1S/C20H36N2O2/c1-6-7-8-9-10-11-12-22-16(23)20(21-17(22)24)14-18(2,3)13-19(4,5)15-20/h6-15H2,1-5H3,(H,21,24). The van der Waals surface area contributed by atoms with Crippen molar-refractivity contribution in [3.8, 4) is 0 Å². The highest BCUT2D eigenvalue weighted by Crippen LogP contribution is 2.51. The van der Waals surface area contributed by atoms with Crippen molar-refractivity contribution in [3.63, 3.8) is 0 Å². The highest BCUT2D eigenvalue weighted by molar-refractivity contribution is 6.07. The first-order valence-electron chi connectivity index (χ1n) is 9.75. The Bertz CT molecular complexity index is 466. The van der Waals surface area contributed by atoms with E-state index in [9.17, 15) is 9.59 Å². The average molecular weight is 337 g/mol. The summed E-state index contributed by atoms with van der Waals surface area (Å²) in [6.07, 6.45) is 9.57. The van der Waals surface area contributed by atoms with Crippen LogP contribution in [0.3, 0.4) is 0 Å². The molecule has 0 aromatic carbocycles. The third-order valence-corrected chi connectivity index (χ3v) is 5.50. The lowest BCUT2D eigenvalue weighted by molar-refractivity contribution is -0.136. The van der Waals surface area contributed by atoms with Crippen LogP contribution in [0.5, 0.6) is 0 Å². The van der Waals surface area contributed by atoms with E-state index < -0.39 is 5.54 Å². The van der Waals surface area contributed by atoms with E-state index in [1.807, 2.05) is 0 Å². The molecule has 2 aliphatic rings. The third-order valence-electron chi connectivity index (χ3n) is 5.50. The summed E-state index contributed by atoms with van der Waals surface area (Å²) < 4.78 is 0. The summed E-state index contributed by atoms with van der Waals surface area (Å²) in [4.78, 5) is 27.0. The molecule has 138 valence electrons. The van der Waals surface area contributed by atoms with Crippen LogP contribution in [0.4, 0.5) is 4.79 Å². The van der Waals surface area contributed by atoms with E-state index >= 15 is 0 Å². The number of carbonyl (C=O) groups is 2. The van der Waals surface area contributed by atoms with Crippen molar-refractivity contribution in [2.45, 2.75) is 97.9 Å². The van der Waals surface area contributed by atoms with Gasteiger partial charge in [0.1, 0.15) is 5.54 Å². The Morgan fingerprint density at radius 3 is 2.00 bits per heavy atom. The molecule has 4 nitrogen and oxygen atoms in total. The predicted molar refractivity (Wildman–Crippen MR) is 97.8 cm³/mol. The molecule has 1 saturated carbocycles. The molecule has 0 radical (unpaired) electrons. The summed E-state index contributed by atoms with van der Waals surface area (Å²) in [7, 11) is 0. The Labute approximate surface area is 147 Å². The van der Waals surface area contributed by atoms with Crippen molar-refractivity contribution < 1.29 is 9.59 Å². The topological polar surface area (TPSA) is 49.4 Å². The lowest BCUT2D eigenvalue weighted by atomic mass is 9.58. The Morgan fingerprint density at radius 1 is 0.875 bits per heavy atom. The van der Waals surface area contributed by atoms with Gasteiger partial charge in [-0.3, -0.25) is 9.69 Å². The van der Waals surface area contributed by atoms with Crippen LogP contribution in [-0.2, 0) is 4.79 Å². The van der Waals surface area contributed by atoms with Crippen molar-refractivity contribution in [1.82, 2.24) is 10.2 Å². The highest BCUT2D eigenvalue weighted by atomic mass is 16.2. The maximum atomic E-state index is 13.1. The monoisotopic (exact) mass is 336 g/mol. The van der Waals surface area contributed by atoms with Crippen LogP contribution in [0.25, 0.3) is 0 Å². The fourth-order valence-corrected chi connectivity index (χ4v) is 5.29. The number of rotatable bonds is 7. The maximum Gasteiger partial charge on any atom is 0.325 e. The molecule has 4 heteroatoms. The van der Waals surface area contributed by atoms with Crippen LogP contribution >= 0.6 is 0 Å². The summed E-state index contributed by atoms with van der Waals surface area (Å²) in [5, 5.41) is 3.08. The molecule has 1 N–H and O–H groups in total. The van der Waals surface area contributed by atoms with Gasteiger partial charge in [-0.15, -0.1) is 0 Å². The van der Waals surface area contributed by atoms with Crippen molar-refractivity contribution in [3.05, 3.63) is 0 Å². The molecule has 0 unspecified atom stereocenters. The summed E-state index contributed by atoms with van der Waals surface area (Å²) in [6, 6.07) is -0.179. The van der Waals surface area contributed by atoms with Crippen LogP contribution in [0.2, 0.25) is 0 Å². The molecular weight excluding hydrogens is 300 g/mol. The van der Waals surface area contributed by atoms with Gasteiger partial charge in [-0.1, -0.05) is 66.7 Å². The van der Waals surface area contributed by atoms with Gasteiger partial charge >= 0.3 is 6.03 Å². The fourth-order valence-electron chi connectivity index (χ4n) is 5.29. The van der Waals surface area contributed by atoms with Crippen LogP contribution in [0.1, 0.15) is 92.4 Å². The number of imide groups is 1. The number of hydrogen-bond acceptors (Lipinski definition) is 2. The number of nitrogens with zero attached hydrogens (tertiary/aromatic N) is 1. The van der Waals surface area contributed by atoms with Gasteiger partial charge in [0.15, 0.2) is 0 Å². The Balaban J connectivity index is 1.98. The van der Waals surface area contributed by atoms with Crippen LogP contribution in [-0.4, -0.2) is 28.9 Å². The number of carbonyl (C=O) groups excluding carboxylic acids is 2. The van der Waals surface area contributed by atoms with Gasteiger partial charge in [-0.2, -0.15) is 0 Å². The second-order valence-electron chi connectivity index (χ2n) is 9.60. The minimum Gasteiger partial charge on any atom is -0.323 e. The SMILES string of the molecule is CCCCCCCCN1C(=O)NC2(CC(C)(C)CC(C)(C)C2)C1=O. The zero-order valence-electron chi connectivity index (χ0n) is 16.3. The normalized spacial score (nSPS) is 24.5. The molecule has 0 aromatic rings. The van der Waals surface area contributed by atoms with Crippen molar-refractivity contribution >= 4 is 11.9 Å². The molecule has 1 aliphatic carbocycles. The Morgan fingerprint density at radius 2 is 1.42 bits per heavy atom. The Hall–Kier alpha value is -1.06. The van der Waals surface area contributed by atoms with Crippen molar-refractivity contribution in [2.75, 3.05) is 6.54 Å². The largest absolute Gasteiger partial charge is 0.325 e. The number of hydrogen-bond donors (Lipinski definition) is 1. The summed E-state index contributed by atoms with van der Waals surface area (Å²) in [6.45, 7) is 11.6. The molecule has 1 aliphatic heterocycles. The number of nitrogens with one attached hydrogen (secondary N) is 1. The van der Waals surface area contributed by atoms with Gasteiger partial charge in [0.25, 0.3) is 5.91 Å². The predicted octanol–water partition coefficient (Wildman–Crippen LogP) is 4.87. The number of urea groups is 1. The molecule has 3 amide bonds. The third kappa shape index (κ3) is 4.31. The van der Waals surface area contributed by atoms with E-state index in [0.717, 1.165) is 32.1 Å². The molecule has 2 fully saturated rings. The average Bonchev–Trinajstić information content (AvgIpc) is 2.62. The molecule has 2 rings (SSSR count). The minimum absolute atomic E-state index is 0.0157. The molecule has 1 saturated heterocycles. The molecule has 0 atom stereocenters. The zero-order chi connectivity index (χ0) is 18.0. The summed E-state index contributed by atoms with van der Waals surface area (Å²) in [5.74, 6) is 0.0157. The fraction of sp³-hybridized carbons (Fsp3) is 0.900. The molecule has 1 heterocycles. The smallest absolute Gasteiger partial charge is 0.323 e. The van der Waals surface area contributed by atoms with Gasteiger partial charge in [-0.05, 0) is 36.5 Å². The molecule has 0 aromatic heterocycles. The zero-order valence-corrected chi connectivity index (χ0v) is 16.3. The minimum atomic E-state index is -0.676. The van der Waals surface area contributed by atoms with E-state index in [1.54, 1.807) is 0 Å². The van der Waals surface area contributed by atoms with Crippen LogP contribution in [0.15, 0.2) is 0 Å². The maximum absolute atomic E-state index is 13.1. The first kappa shape index (κ1) is 19.3. The van der Waals surface area contributed by atoms with E-state index in [2.05, 4.69) is 39.9 Å². The van der Waals surface area contributed by atoms with Gasteiger partial charge < -0.3 is 5.32 Å². The lowest BCUT2D eigenvalue weighted by Crippen LogP contribution is -2.56. The second kappa shape index (κ2) is 7.05. The summed E-state index contributed by atoms with van der Waals surface area (Å²) >= 11 is 0. The highest BCUT2D eigenvalue weighted by Gasteiger charge is 2.58. The van der Waals surface area contributed by atoms with Gasteiger partial charge in [0.2, 0.25) is 0 Å². The van der Waals surface area contributed by atoms with Gasteiger partial charge in [-0.25, -0.2) is 4.79 Å². The number of unbranched alkanes of at least 4 members (excludes halogenated alkanes) is 5. The van der Waals surface area contributed by atoms with Crippen molar-refractivity contribution in [1.29, 1.82) is 0 Å². The Kier molecular flexibility index (Phi) is 5.66. The quantitative estimate of drug-likeness (QED) is 0.532. The molecule has 24 heavy (non-hydrogen) atoms. The van der Waals surface area contributed by atoms with Gasteiger partial charge in [0, 0.05) is 6.54 Å². The lowest BCUT2D eigenvalue weighted by Gasteiger charge is -2.49. The molecule has 0 bridgehead atoms.